The highest BCUT2D eigenvalue weighted by Crippen LogP contribution is 2.33. The molecule has 0 amide bonds. The normalized spacial score (nSPS) is 12.2. The number of aromatic nitrogens is 3. The molecule has 0 spiro atoms. The van der Waals surface area contributed by atoms with Crippen molar-refractivity contribution < 1.29 is 37.9 Å². The third-order valence-electron chi connectivity index (χ3n) is 7.72. The number of fused-ring (bicyclic) bond motifs is 3. The quantitative estimate of drug-likeness (QED) is 0.0830. The maximum Gasteiger partial charge on any atom is 0.320 e. The number of aliphatic carboxylic acids is 2. The maximum atomic E-state index is 13.7. The number of nitrogens with one attached hydrogen (secondary N) is 3. The van der Waals surface area contributed by atoms with Gasteiger partial charge in [0.1, 0.15) is 29.5 Å². The van der Waals surface area contributed by atoms with E-state index in [1.165, 1.54) is 12.1 Å². The van der Waals surface area contributed by atoms with E-state index in [0.717, 1.165) is 34.5 Å². The van der Waals surface area contributed by atoms with E-state index in [0.29, 0.717) is 27.7 Å². The third kappa shape index (κ3) is 7.48. The highest BCUT2D eigenvalue weighted by atomic mass is 19.1. The van der Waals surface area contributed by atoms with Gasteiger partial charge in [-0.1, -0.05) is 24.3 Å². The average molecular weight is 667 g/mol. The number of hydrogen-bond acceptors (Lipinski definition) is 6. The van der Waals surface area contributed by atoms with E-state index in [9.17, 15) is 32.9 Å². The summed E-state index contributed by atoms with van der Waals surface area (Å²) in [6.07, 6.45) is 0.0656. The molecule has 0 bridgehead atoms. The lowest BCUT2D eigenvalue weighted by Gasteiger charge is -2.06. The first-order valence-electron chi connectivity index (χ1n) is 14.5. The average Bonchev–Trinajstić information content (AvgIpc) is 3.67. The second-order valence-electron chi connectivity index (χ2n) is 11.1. The number of rotatable bonds is 7. The SMILES string of the molecule is Cc1[nH]c2c(F)ccc([N+](=O)[O-])c2c1CC(N)C(=O)O.Cc1[nH]c2c(F)cccc2c1CC(N)C(=O)O.Cc1cc2cccc(F)c2[nH]1. The van der Waals surface area contributed by atoms with E-state index in [1.54, 1.807) is 32.0 Å². The Morgan fingerprint density at radius 2 is 1.29 bits per heavy atom. The number of benzene rings is 3. The van der Waals surface area contributed by atoms with E-state index in [-0.39, 0.29) is 41.1 Å². The lowest BCUT2D eigenvalue weighted by molar-refractivity contribution is -0.383. The first-order chi connectivity index (χ1) is 22.6. The molecule has 0 aliphatic rings. The maximum absolute atomic E-state index is 13.7. The lowest BCUT2D eigenvalue weighted by atomic mass is 10.0. The van der Waals surface area contributed by atoms with Crippen molar-refractivity contribution in [3.8, 4) is 0 Å². The number of nitrogens with zero attached hydrogens (tertiary/aromatic N) is 1. The van der Waals surface area contributed by atoms with Crippen molar-refractivity contribution in [3.63, 3.8) is 0 Å². The molecule has 0 saturated heterocycles. The van der Waals surface area contributed by atoms with Crippen LogP contribution < -0.4 is 11.5 Å². The van der Waals surface area contributed by atoms with Crippen LogP contribution in [0, 0.1) is 48.3 Å². The highest BCUT2D eigenvalue weighted by molar-refractivity contribution is 5.94. The van der Waals surface area contributed by atoms with Gasteiger partial charge in [0.25, 0.3) is 5.69 Å². The van der Waals surface area contributed by atoms with Gasteiger partial charge in [-0.25, -0.2) is 13.2 Å². The number of nitro groups is 1. The fourth-order valence-electron chi connectivity index (χ4n) is 5.36. The van der Waals surface area contributed by atoms with E-state index in [4.69, 9.17) is 21.7 Å². The Balaban J connectivity index is 0.000000169. The molecular formula is C33H33F3N6O6. The molecule has 9 N–H and O–H groups in total. The molecule has 2 atom stereocenters. The van der Waals surface area contributed by atoms with Crippen molar-refractivity contribution >= 4 is 50.3 Å². The topological polar surface area (TPSA) is 217 Å². The fraction of sp³-hybridized carbons (Fsp3) is 0.212. The van der Waals surface area contributed by atoms with E-state index in [1.807, 2.05) is 19.1 Å². The number of carboxylic acid groups (broad SMARTS) is 2. The van der Waals surface area contributed by atoms with Gasteiger partial charge < -0.3 is 36.6 Å². The molecule has 2 unspecified atom stereocenters. The van der Waals surface area contributed by atoms with Gasteiger partial charge in [0.2, 0.25) is 0 Å². The van der Waals surface area contributed by atoms with Gasteiger partial charge in [-0.2, -0.15) is 0 Å². The Morgan fingerprint density at radius 1 is 0.771 bits per heavy atom. The van der Waals surface area contributed by atoms with Crippen molar-refractivity contribution in [3.05, 3.63) is 110 Å². The first kappa shape index (κ1) is 35.2. The van der Waals surface area contributed by atoms with Crippen molar-refractivity contribution in [2.75, 3.05) is 0 Å². The summed E-state index contributed by atoms with van der Waals surface area (Å²) >= 11 is 0. The van der Waals surface area contributed by atoms with Crippen molar-refractivity contribution in [1.82, 2.24) is 15.0 Å². The number of aromatic amines is 3. The van der Waals surface area contributed by atoms with Crippen LogP contribution in [0.4, 0.5) is 18.9 Å². The minimum Gasteiger partial charge on any atom is -0.480 e. The first-order valence-corrected chi connectivity index (χ1v) is 14.5. The second kappa shape index (κ2) is 14.4. The number of non-ortho nitro benzene ring substituents is 1. The predicted octanol–water partition coefficient (Wildman–Crippen LogP) is 5.66. The number of carbonyl (C=O) groups is 2. The van der Waals surface area contributed by atoms with Crippen LogP contribution in [0.15, 0.2) is 54.6 Å². The van der Waals surface area contributed by atoms with Crippen LogP contribution in [0.3, 0.4) is 0 Å². The largest absolute Gasteiger partial charge is 0.480 e. The smallest absolute Gasteiger partial charge is 0.320 e. The highest BCUT2D eigenvalue weighted by Gasteiger charge is 2.25. The van der Waals surface area contributed by atoms with Gasteiger partial charge >= 0.3 is 11.9 Å². The van der Waals surface area contributed by atoms with Crippen LogP contribution >= 0.6 is 0 Å². The Labute approximate surface area is 270 Å². The van der Waals surface area contributed by atoms with Gasteiger partial charge in [0.15, 0.2) is 0 Å². The van der Waals surface area contributed by atoms with Crippen LogP contribution in [0.25, 0.3) is 32.7 Å². The fourth-order valence-corrected chi connectivity index (χ4v) is 5.36. The summed E-state index contributed by atoms with van der Waals surface area (Å²) in [4.78, 5) is 40.5. The van der Waals surface area contributed by atoms with Crippen molar-refractivity contribution in [2.45, 2.75) is 45.7 Å². The van der Waals surface area contributed by atoms with Gasteiger partial charge in [0.05, 0.1) is 26.9 Å². The summed E-state index contributed by atoms with van der Waals surface area (Å²) in [7, 11) is 0. The molecule has 3 aromatic heterocycles. The summed E-state index contributed by atoms with van der Waals surface area (Å²) in [5, 5.41) is 30.4. The third-order valence-corrected chi connectivity index (χ3v) is 7.72. The molecule has 48 heavy (non-hydrogen) atoms. The zero-order valence-corrected chi connectivity index (χ0v) is 26.0. The minimum atomic E-state index is -1.22. The van der Waals surface area contributed by atoms with Crippen LogP contribution in [0.5, 0.6) is 0 Å². The van der Waals surface area contributed by atoms with Crippen molar-refractivity contribution in [1.29, 1.82) is 0 Å². The van der Waals surface area contributed by atoms with Crippen LogP contribution in [-0.4, -0.2) is 54.1 Å². The van der Waals surface area contributed by atoms with Crippen LogP contribution in [0.1, 0.15) is 28.2 Å². The molecule has 12 nitrogen and oxygen atoms in total. The Kier molecular flexibility index (Phi) is 10.6. The molecule has 0 saturated carbocycles. The molecule has 3 aromatic carbocycles. The molecule has 0 fully saturated rings. The zero-order chi connectivity index (χ0) is 35.4. The summed E-state index contributed by atoms with van der Waals surface area (Å²) in [6.45, 7) is 5.29. The summed E-state index contributed by atoms with van der Waals surface area (Å²) in [6, 6.07) is 11.6. The monoisotopic (exact) mass is 666 g/mol. The van der Waals surface area contributed by atoms with Crippen LogP contribution in [-0.2, 0) is 22.4 Å². The second-order valence-corrected chi connectivity index (χ2v) is 11.1. The van der Waals surface area contributed by atoms with Gasteiger partial charge in [0, 0.05) is 46.8 Å². The Hall–Kier alpha value is -5.67. The number of carboxylic acids is 2. The summed E-state index contributed by atoms with van der Waals surface area (Å²) in [5.74, 6) is -3.45. The molecule has 0 aliphatic heterocycles. The van der Waals surface area contributed by atoms with Gasteiger partial charge in [-0.15, -0.1) is 0 Å². The number of hydrogen-bond donors (Lipinski definition) is 7. The molecule has 15 heteroatoms. The number of nitro benzene ring substituents is 1. The molecule has 6 aromatic rings. The predicted molar refractivity (Wildman–Crippen MR) is 174 cm³/mol. The number of H-pyrrole nitrogens is 3. The standard InChI is InChI=1S/C12H12FN3O4.C12H13FN2O2.C9H8FN/c1-5-6(4-8(14)12(17)18)10-9(16(19)20)3-2-7(13)11(10)15-5;1-6-8(5-10(14)12(16)17)7-3-2-4-9(13)11(7)15-6;1-6-5-7-3-2-4-8(10)9(7)11-6/h2-3,8,15H,4,14H2,1H3,(H,17,18);2-4,10,15H,5,14H2,1H3,(H,16,17);2-5,11H,1H3. The number of para-hydroxylation sites is 2. The Bertz CT molecular complexity index is 2150. The van der Waals surface area contributed by atoms with Crippen molar-refractivity contribution in [2.24, 2.45) is 11.5 Å². The molecule has 0 aliphatic carbocycles. The van der Waals surface area contributed by atoms with Gasteiger partial charge in [-0.3, -0.25) is 19.7 Å². The van der Waals surface area contributed by atoms with Gasteiger partial charge in [-0.05, 0) is 56.2 Å². The molecule has 252 valence electrons. The summed E-state index contributed by atoms with van der Waals surface area (Å²) < 4.78 is 40.2. The number of nitrogens with two attached hydrogens (primary N) is 2. The molecular weight excluding hydrogens is 633 g/mol. The van der Waals surface area contributed by atoms with E-state index < -0.39 is 34.8 Å². The lowest BCUT2D eigenvalue weighted by Crippen LogP contribution is -2.32. The van der Waals surface area contributed by atoms with Crippen LogP contribution in [0.2, 0.25) is 0 Å². The zero-order valence-electron chi connectivity index (χ0n) is 26.0. The number of halogens is 3. The summed E-state index contributed by atoms with van der Waals surface area (Å²) in [5.41, 5.74) is 15.0. The molecule has 0 radical (unpaired) electrons. The molecule has 6 rings (SSSR count). The Morgan fingerprint density at radius 3 is 1.88 bits per heavy atom. The number of aryl methyl sites for hydroxylation is 3. The van der Waals surface area contributed by atoms with E-state index >= 15 is 0 Å². The molecule has 3 heterocycles. The van der Waals surface area contributed by atoms with E-state index in [2.05, 4.69) is 15.0 Å². The minimum absolute atomic E-state index is 0.00992.